The molecule has 0 aromatic heterocycles. The van der Waals surface area contributed by atoms with Crippen molar-refractivity contribution in [2.75, 3.05) is 0 Å². The number of hydrogen-bond donors (Lipinski definition) is 0. The van der Waals surface area contributed by atoms with Crippen molar-refractivity contribution in [1.82, 2.24) is 4.41 Å². The first kappa shape index (κ1) is 15.7. The number of sulfonamides is 1. The zero-order valence-corrected chi connectivity index (χ0v) is 13.3. The van der Waals surface area contributed by atoms with Crippen LogP contribution in [0.3, 0.4) is 0 Å². The average molecular weight is 327 g/mol. The predicted molar refractivity (Wildman–Crippen MR) is 81.5 cm³/mol. The number of hydrazone groups is 1. The Hall–Kier alpha value is -1.66. The summed E-state index contributed by atoms with van der Waals surface area (Å²) in [6, 6.07) is 5.96. The fraction of sp³-hybridized carbons (Fsp3) is 0.286. The van der Waals surface area contributed by atoms with E-state index in [1.54, 1.807) is 26.0 Å². The van der Waals surface area contributed by atoms with Crippen LogP contribution in [0.5, 0.6) is 0 Å². The first-order valence-corrected chi connectivity index (χ1v) is 8.10. The minimum atomic E-state index is -4.09. The lowest BCUT2D eigenvalue weighted by Gasteiger charge is -2.15. The summed E-state index contributed by atoms with van der Waals surface area (Å²) in [7, 11) is -4.09. The Morgan fingerprint density at radius 1 is 1.43 bits per heavy atom. The molecule has 1 aliphatic rings. The smallest absolute Gasteiger partial charge is 0.271 e. The van der Waals surface area contributed by atoms with Crippen LogP contribution in [0.2, 0.25) is 5.02 Å². The highest BCUT2D eigenvalue weighted by atomic mass is 35.5. The van der Waals surface area contributed by atoms with Gasteiger partial charge in [-0.05, 0) is 32.4 Å². The third kappa shape index (κ3) is 2.87. The first-order valence-electron chi connectivity index (χ1n) is 6.28. The quantitative estimate of drug-likeness (QED) is 0.799. The summed E-state index contributed by atoms with van der Waals surface area (Å²) in [5.41, 5.74) is 1.25. The maximum absolute atomic E-state index is 12.5. The highest BCUT2D eigenvalue weighted by molar-refractivity contribution is 7.89. The Labute approximate surface area is 129 Å². The van der Waals surface area contributed by atoms with Crippen molar-refractivity contribution >= 4 is 33.2 Å². The Balaban J connectivity index is 2.42. The van der Waals surface area contributed by atoms with Crippen LogP contribution < -0.4 is 0 Å². The number of rotatable bonds is 4. The third-order valence-corrected chi connectivity index (χ3v) is 5.20. The van der Waals surface area contributed by atoms with Gasteiger partial charge in [-0.25, -0.2) is 0 Å². The van der Waals surface area contributed by atoms with Gasteiger partial charge < -0.3 is 0 Å². The standard InChI is InChI=1S/C14H15ClN2O3S/c1-9(2)8-11-10(3)16-17(14(11)18)21(19,20)13-7-5-4-6-12(13)15/h4-7,11H,1,8H2,2-3H3/t11-/m0/s1. The summed E-state index contributed by atoms with van der Waals surface area (Å²) in [5, 5.41) is 3.96. The van der Waals surface area contributed by atoms with Crippen LogP contribution in [0.15, 0.2) is 46.4 Å². The molecule has 0 spiro atoms. The molecule has 21 heavy (non-hydrogen) atoms. The molecule has 2 rings (SSSR count). The van der Waals surface area contributed by atoms with Crippen LogP contribution in [0, 0.1) is 5.92 Å². The molecular formula is C14H15ClN2O3S. The van der Waals surface area contributed by atoms with Gasteiger partial charge >= 0.3 is 0 Å². The van der Waals surface area contributed by atoms with Crippen molar-refractivity contribution < 1.29 is 13.2 Å². The zero-order valence-electron chi connectivity index (χ0n) is 11.7. The number of halogens is 1. The van der Waals surface area contributed by atoms with Crippen molar-refractivity contribution in [3.05, 3.63) is 41.4 Å². The maximum Gasteiger partial charge on any atom is 0.287 e. The van der Waals surface area contributed by atoms with E-state index in [0.29, 0.717) is 16.5 Å². The molecule has 0 saturated heterocycles. The van der Waals surface area contributed by atoms with E-state index in [4.69, 9.17) is 11.6 Å². The topological polar surface area (TPSA) is 66.8 Å². The van der Waals surface area contributed by atoms with Gasteiger partial charge in [0.1, 0.15) is 4.90 Å². The van der Waals surface area contributed by atoms with Crippen LogP contribution in [0.1, 0.15) is 20.3 Å². The lowest BCUT2D eigenvalue weighted by atomic mass is 9.97. The molecule has 112 valence electrons. The number of benzene rings is 1. The normalized spacial score (nSPS) is 18.8. The molecule has 0 aliphatic carbocycles. The molecule has 1 aliphatic heterocycles. The highest BCUT2D eigenvalue weighted by Crippen LogP contribution is 2.30. The van der Waals surface area contributed by atoms with Crippen LogP contribution in [0.25, 0.3) is 0 Å². The van der Waals surface area contributed by atoms with Gasteiger partial charge in [-0.15, -0.1) is 11.0 Å². The lowest BCUT2D eigenvalue weighted by molar-refractivity contribution is -0.127. The SMILES string of the molecule is C=C(C)C[C@@H]1C(=O)N(S(=O)(=O)c2ccccc2Cl)N=C1C. The summed E-state index contributed by atoms with van der Waals surface area (Å²) in [6.45, 7) is 7.17. The minimum absolute atomic E-state index is 0.0569. The molecule has 1 aromatic carbocycles. The molecule has 0 N–H and O–H groups in total. The lowest BCUT2D eigenvalue weighted by Crippen LogP contribution is -2.32. The van der Waals surface area contributed by atoms with Gasteiger partial charge in [-0.3, -0.25) is 4.79 Å². The van der Waals surface area contributed by atoms with Crippen molar-refractivity contribution in [2.24, 2.45) is 11.0 Å². The molecule has 5 nitrogen and oxygen atoms in total. The molecule has 1 amide bonds. The fourth-order valence-electron chi connectivity index (χ4n) is 2.08. The monoisotopic (exact) mass is 326 g/mol. The molecule has 1 heterocycles. The van der Waals surface area contributed by atoms with E-state index in [1.165, 1.54) is 12.1 Å². The van der Waals surface area contributed by atoms with E-state index >= 15 is 0 Å². The van der Waals surface area contributed by atoms with E-state index in [0.717, 1.165) is 5.57 Å². The summed E-state index contributed by atoms with van der Waals surface area (Å²) in [6.07, 6.45) is 0.378. The van der Waals surface area contributed by atoms with Crippen molar-refractivity contribution in [3.8, 4) is 0 Å². The van der Waals surface area contributed by atoms with Gasteiger partial charge in [0.05, 0.1) is 10.9 Å². The van der Waals surface area contributed by atoms with Crippen molar-refractivity contribution in [2.45, 2.75) is 25.2 Å². The van der Waals surface area contributed by atoms with Crippen LogP contribution in [-0.2, 0) is 14.8 Å². The summed E-state index contributed by atoms with van der Waals surface area (Å²) in [5.74, 6) is -1.16. The van der Waals surface area contributed by atoms with E-state index < -0.39 is 21.8 Å². The maximum atomic E-state index is 12.5. The van der Waals surface area contributed by atoms with Crippen LogP contribution in [0.4, 0.5) is 0 Å². The molecule has 7 heteroatoms. The van der Waals surface area contributed by atoms with Crippen LogP contribution in [-0.4, -0.2) is 24.5 Å². The van der Waals surface area contributed by atoms with Gasteiger partial charge in [0.2, 0.25) is 0 Å². The Morgan fingerprint density at radius 3 is 2.62 bits per heavy atom. The molecule has 1 aromatic rings. The van der Waals surface area contributed by atoms with E-state index in [1.807, 2.05) is 0 Å². The Bertz CT molecular complexity index is 740. The number of carbonyl (C=O) groups is 1. The number of carbonyl (C=O) groups excluding carboxylic acids is 1. The Morgan fingerprint density at radius 2 is 2.05 bits per heavy atom. The summed E-state index contributed by atoms with van der Waals surface area (Å²) >= 11 is 5.91. The summed E-state index contributed by atoms with van der Waals surface area (Å²) in [4.78, 5) is 12.2. The molecule has 0 bridgehead atoms. The van der Waals surface area contributed by atoms with Crippen molar-refractivity contribution in [1.29, 1.82) is 0 Å². The molecular weight excluding hydrogens is 312 g/mol. The van der Waals surface area contributed by atoms with Gasteiger partial charge in [0.25, 0.3) is 15.9 Å². The molecule has 0 unspecified atom stereocenters. The van der Waals surface area contributed by atoms with E-state index in [-0.39, 0.29) is 9.92 Å². The second kappa shape index (κ2) is 5.61. The zero-order chi connectivity index (χ0) is 15.8. The highest BCUT2D eigenvalue weighted by Gasteiger charge is 2.41. The average Bonchev–Trinajstić information content (AvgIpc) is 2.67. The number of hydrogen-bond acceptors (Lipinski definition) is 4. The Kier molecular flexibility index (Phi) is 4.20. The molecule has 0 fully saturated rings. The van der Waals surface area contributed by atoms with Gasteiger partial charge in [-0.1, -0.05) is 29.3 Å². The first-order chi connectivity index (χ1) is 9.75. The van der Waals surface area contributed by atoms with Gasteiger partial charge in [0, 0.05) is 5.71 Å². The number of nitrogens with zero attached hydrogens (tertiary/aromatic N) is 2. The predicted octanol–water partition coefficient (Wildman–Crippen LogP) is 2.83. The second-order valence-electron chi connectivity index (χ2n) is 4.97. The molecule has 0 radical (unpaired) electrons. The minimum Gasteiger partial charge on any atom is -0.271 e. The number of allylic oxidation sites excluding steroid dienone is 1. The second-order valence-corrected chi connectivity index (χ2v) is 7.11. The third-order valence-electron chi connectivity index (χ3n) is 3.13. The van der Waals surface area contributed by atoms with Crippen molar-refractivity contribution in [3.63, 3.8) is 0 Å². The largest absolute Gasteiger partial charge is 0.287 e. The molecule has 0 saturated carbocycles. The van der Waals surface area contributed by atoms with Gasteiger partial charge in [-0.2, -0.15) is 13.5 Å². The molecule has 1 atom stereocenters. The number of amides is 1. The van der Waals surface area contributed by atoms with Gasteiger partial charge in [0.15, 0.2) is 0 Å². The van der Waals surface area contributed by atoms with Crippen LogP contribution >= 0.6 is 11.6 Å². The van der Waals surface area contributed by atoms with E-state index in [9.17, 15) is 13.2 Å². The summed E-state index contributed by atoms with van der Waals surface area (Å²) < 4.78 is 25.6. The fourth-order valence-corrected chi connectivity index (χ4v) is 3.86. The van der Waals surface area contributed by atoms with E-state index in [2.05, 4.69) is 11.7 Å².